The van der Waals surface area contributed by atoms with E-state index in [2.05, 4.69) is 0 Å². The minimum absolute atomic E-state index is 0.131. The van der Waals surface area contributed by atoms with Crippen molar-refractivity contribution < 1.29 is 31.3 Å². The molecule has 3 fully saturated rings. The fraction of sp³-hybridized carbons (Fsp3) is 0.857. The molecule has 0 radical (unpaired) electrons. The molecular formula is C14H18F2O5S. The van der Waals surface area contributed by atoms with Crippen LogP contribution in [0.2, 0.25) is 0 Å². The van der Waals surface area contributed by atoms with Gasteiger partial charge in [0.05, 0.1) is 0 Å². The van der Waals surface area contributed by atoms with Crippen LogP contribution in [0, 0.1) is 23.2 Å². The van der Waals surface area contributed by atoms with Crippen LogP contribution in [0.25, 0.3) is 0 Å². The van der Waals surface area contributed by atoms with E-state index in [0.717, 1.165) is 12.8 Å². The minimum atomic E-state index is -5.76. The lowest BCUT2D eigenvalue weighted by Crippen LogP contribution is -2.52. The van der Waals surface area contributed by atoms with Crippen LogP contribution in [0.15, 0.2) is 0 Å². The summed E-state index contributed by atoms with van der Waals surface area (Å²) in [6.45, 7) is 0. The molecule has 1 N–H and O–H groups in total. The van der Waals surface area contributed by atoms with Crippen molar-refractivity contribution in [3.8, 4) is 0 Å². The first-order chi connectivity index (χ1) is 10.1. The van der Waals surface area contributed by atoms with Gasteiger partial charge in [-0.05, 0) is 42.9 Å². The number of fused-ring (bicyclic) bond motifs is 2. The summed E-state index contributed by atoms with van der Waals surface area (Å²) in [6.07, 6.45) is 3.09. The van der Waals surface area contributed by atoms with Crippen molar-refractivity contribution >= 4 is 21.7 Å². The third-order valence-electron chi connectivity index (χ3n) is 5.82. The van der Waals surface area contributed by atoms with Gasteiger partial charge in [-0.1, -0.05) is 6.42 Å². The number of hydrogen-bond donors (Lipinski definition) is 1. The SMILES string of the molecule is O=C1CC2CCC3CC1CC2(CC(=O)C(F)(F)S(=O)(=O)O)C3. The van der Waals surface area contributed by atoms with E-state index in [-0.39, 0.29) is 23.5 Å². The van der Waals surface area contributed by atoms with Crippen LogP contribution in [0.5, 0.6) is 0 Å². The van der Waals surface area contributed by atoms with Gasteiger partial charge in [0.2, 0.25) is 5.78 Å². The Bertz CT molecular complexity index is 629. The highest BCUT2D eigenvalue weighted by Gasteiger charge is 2.59. The van der Waals surface area contributed by atoms with Crippen molar-refractivity contribution in [1.82, 2.24) is 0 Å². The number of hydrogen-bond acceptors (Lipinski definition) is 4. The van der Waals surface area contributed by atoms with Gasteiger partial charge in [0.25, 0.3) is 0 Å². The normalized spacial score (nSPS) is 38.1. The number of ketones is 2. The highest BCUT2D eigenvalue weighted by atomic mass is 32.2. The smallest absolute Gasteiger partial charge is 0.299 e. The summed E-state index contributed by atoms with van der Waals surface area (Å²) in [4.78, 5) is 23.9. The molecule has 0 heterocycles. The standard InChI is InChI=1S/C14H18F2O5S/c15-14(16,22(19,20)21)12(18)7-13-5-8-1-2-10(13)4-11(17)9(3-8)6-13/h8-10H,1-7H2,(H,19,20,21). The van der Waals surface area contributed by atoms with E-state index in [0.29, 0.717) is 25.7 Å². The monoisotopic (exact) mass is 336 g/mol. The Morgan fingerprint density at radius 2 is 2.00 bits per heavy atom. The number of Topliss-reactive ketones (excluding diaryl/α,β-unsaturated/α-hetero) is 2. The zero-order valence-corrected chi connectivity index (χ0v) is 12.7. The van der Waals surface area contributed by atoms with Crippen LogP contribution < -0.4 is 0 Å². The maximum absolute atomic E-state index is 13.6. The molecular weight excluding hydrogens is 318 g/mol. The summed E-state index contributed by atoms with van der Waals surface area (Å²) in [5.41, 5.74) is -0.703. The summed E-state index contributed by atoms with van der Waals surface area (Å²) in [5, 5.41) is -4.77. The number of rotatable bonds is 4. The number of carbonyl (C=O) groups is 2. The summed E-state index contributed by atoms with van der Waals surface area (Å²) >= 11 is 0. The van der Waals surface area contributed by atoms with Crippen LogP contribution in [0.4, 0.5) is 8.78 Å². The molecule has 8 heteroatoms. The van der Waals surface area contributed by atoms with Gasteiger partial charge in [0.15, 0.2) is 0 Å². The average molecular weight is 336 g/mol. The van der Waals surface area contributed by atoms with Gasteiger partial charge in [-0.15, -0.1) is 0 Å². The highest BCUT2D eigenvalue weighted by molar-refractivity contribution is 7.87. The van der Waals surface area contributed by atoms with Crippen molar-refractivity contribution in [2.75, 3.05) is 0 Å². The van der Waals surface area contributed by atoms with Crippen LogP contribution >= 0.6 is 0 Å². The van der Waals surface area contributed by atoms with E-state index in [1.165, 1.54) is 0 Å². The maximum Gasteiger partial charge on any atom is 0.426 e. The van der Waals surface area contributed by atoms with Gasteiger partial charge in [0, 0.05) is 18.8 Å². The first-order valence-electron chi connectivity index (χ1n) is 7.46. The van der Waals surface area contributed by atoms with E-state index in [1.54, 1.807) is 0 Å². The topological polar surface area (TPSA) is 88.5 Å². The Hall–Kier alpha value is -0.890. The zero-order chi connectivity index (χ0) is 16.3. The molecule has 3 saturated carbocycles. The van der Waals surface area contributed by atoms with Gasteiger partial charge in [-0.2, -0.15) is 17.2 Å². The number of carbonyl (C=O) groups excluding carboxylic acids is 2. The van der Waals surface area contributed by atoms with E-state index in [9.17, 15) is 26.8 Å². The van der Waals surface area contributed by atoms with Crippen molar-refractivity contribution in [3.63, 3.8) is 0 Å². The Morgan fingerprint density at radius 1 is 1.32 bits per heavy atom. The van der Waals surface area contributed by atoms with Crippen LogP contribution in [0.3, 0.4) is 0 Å². The lowest BCUT2D eigenvalue weighted by molar-refractivity contribution is -0.152. The largest absolute Gasteiger partial charge is 0.426 e. The molecule has 0 saturated heterocycles. The van der Waals surface area contributed by atoms with E-state index < -0.39 is 33.0 Å². The first-order valence-corrected chi connectivity index (χ1v) is 8.90. The predicted molar refractivity (Wildman–Crippen MR) is 71.7 cm³/mol. The van der Waals surface area contributed by atoms with Gasteiger partial charge in [0.1, 0.15) is 5.78 Å². The summed E-state index contributed by atoms with van der Waals surface area (Å²) < 4.78 is 57.2. The molecule has 0 aromatic rings. The molecule has 0 spiro atoms. The highest BCUT2D eigenvalue weighted by Crippen LogP contribution is 2.60. The zero-order valence-electron chi connectivity index (χ0n) is 11.9. The van der Waals surface area contributed by atoms with E-state index in [1.807, 2.05) is 0 Å². The summed E-state index contributed by atoms with van der Waals surface area (Å²) in [7, 11) is -5.76. The molecule has 4 unspecified atom stereocenters. The maximum atomic E-state index is 13.6. The third-order valence-corrected chi connectivity index (χ3v) is 6.70. The molecule has 3 aliphatic carbocycles. The second kappa shape index (κ2) is 4.80. The molecule has 0 aliphatic heterocycles. The molecule has 22 heavy (non-hydrogen) atoms. The second-order valence-corrected chi connectivity index (χ2v) is 8.57. The Kier molecular flexibility index (Phi) is 3.49. The van der Waals surface area contributed by atoms with Crippen LogP contribution in [0.1, 0.15) is 44.9 Å². The Morgan fingerprint density at radius 3 is 2.64 bits per heavy atom. The molecule has 5 nitrogen and oxygen atoms in total. The van der Waals surface area contributed by atoms with E-state index in [4.69, 9.17) is 4.55 Å². The first kappa shape index (κ1) is 16.0. The molecule has 0 aromatic heterocycles. The fourth-order valence-electron chi connectivity index (χ4n) is 4.84. The van der Waals surface area contributed by atoms with Crippen molar-refractivity contribution in [2.24, 2.45) is 23.2 Å². The van der Waals surface area contributed by atoms with Gasteiger partial charge in [-0.3, -0.25) is 14.1 Å². The van der Waals surface area contributed by atoms with Crippen molar-refractivity contribution in [2.45, 2.75) is 50.2 Å². The van der Waals surface area contributed by atoms with Gasteiger partial charge >= 0.3 is 15.4 Å². The molecule has 3 rings (SSSR count). The minimum Gasteiger partial charge on any atom is -0.299 e. The summed E-state index contributed by atoms with van der Waals surface area (Å²) in [5.74, 6) is -1.70. The average Bonchev–Trinajstić information content (AvgIpc) is 2.38. The predicted octanol–water partition coefficient (Wildman–Crippen LogP) is 2.21. The van der Waals surface area contributed by atoms with Crippen LogP contribution in [-0.4, -0.2) is 29.8 Å². The molecule has 4 atom stereocenters. The quantitative estimate of drug-likeness (QED) is 0.795. The molecule has 3 aliphatic rings. The van der Waals surface area contributed by atoms with Crippen molar-refractivity contribution in [1.29, 1.82) is 0 Å². The molecule has 124 valence electrons. The Balaban J connectivity index is 1.88. The lowest BCUT2D eigenvalue weighted by Gasteiger charge is -2.56. The second-order valence-electron chi connectivity index (χ2n) is 7.11. The van der Waals surface area contributed by atoms with Gasteiger partial charge in [-0.25, -0.2) is 0 Å². The number of alkyl halides is 2. The summed E-state index contributed by atoms with van der Waals surface area (Å²) in [6, 6.07) is 0. The fourth-order valence-corrected chi connectivity index (χ4v) is 5.20. The molecule has 0 aromatic carbocycles. The van der Waals surface area contributed by atoms with E-state index >= 15 is 0 Å². The van der Waals surface area contributed by atoms with Crippen molar-refractivity contribution in [3.05, 3.63) is 0 Å². The Labute approximate surface area is 127 Å². The van der Waals surface area contributed by atoms with Gasteiger partial charge < -0.3 is 0 Å². The third kappa shape index (κ3) is 2.31. The molecule has 0 amide bonds. The lowest BCUT2D eigenvalue weighted by atomic mass is 9.48. The van der Waals surface area contributed by atoms with Crippen LogP contribution in [-0.2, 0) is 19.7 Å². The molecule has 3 bridgehead atoms. The number of halogens is 2.